The lowest BCUT2D eigenvalue weighted by molar-refractivity contribution is -0.175. The average molecular weight is 395 g/mol. The summed E-state index contributed by atoms with van der Waals surface area (Å²) in [6.45, 7) is 2.98. The maximum absolute atomic E-state index is 12.9. The Kier molecular flexibility index (Phi) is 5.03. The highest BCUT2D eigenvalue weighted by molar-refractivity contribution is 5.97. The third-order valence-electron chi connectivity index (χ3n) is 3.76. The first-order valence-corrected chi connectivity index (χ1v) is 8.20. The van der Waals surface area contributed by atoms with E-state index in [2.05, 4.69) is 5.32 Å². The van der Waals surface area contributed by atoms with Crippen molar-refractivity contribution in [1.82, 2.24) is 0 Å². The molecule has 1 aliphatic heterocycles. The summed E-state index contributed by atoms with van der Waals surface area (Å²) in [7, 11) is 0. The zero-order valence-electron chi connectivity index (χ0n) is 14.9. The van der Waals surface area contributed by atoms with E-state index < -0.39 is 35.8 Å². The van der Waals surface area contributed by atoms with Gasteiger partial charge in [0.25, 0.3) is 0 Å². The molecule has 9 heteroatoms. The van der Waals surface area contributed by atoms with Gasteiger partial charge in [-0.1, -0.05) is 18.2 Å². The molecular formula is C19H16F3NO5. The van der Waals surface area contributed by atoms with Crippen LogP contribution in [0.1, 0.15) is 29.8 Å². The highest BCUT2D eigenvalue weighted by atomic mass is 19.4. The van der Waals surface area contributed by atoms with Crippen molar-refractivity contribution >= 4 is 23.3 Å². The molecule has 148 valence electrons. The zero-order chi connectivity index (χ0) is 20.5. The number of nitrogens with one attached hydrogen (secondary N) is 1. The summed E-state index contributed by atoms with van der Waals surface area (Å²) >= 11 is 0. The fourth-order valence-electron chi connectivity index (χ4n) is 2.55. The van der Waals surface area contributed by atoms with E-state index in [-0.39, 0.29) is 16.9 Å². The van der Waals surface area contributed by atoms with E-state index in [0.29, 0.717) is 0 Å². The Labute approximate surface area is 158 Å². The number of benzene rings is 2. The number of esters is 2. The quantitative estimate of drug-likeness (QED) is 0.781. The molecule has 2 aromatic rings. The smallest absolute Gasteiger partial charge is 0.416 e. The van der Waals surface area contributed by atoms with Crippen molar-refractivity contribution in [2.75, 3.05) is 5.32 Å². The molecule has 1 heterocycles. The number of anilines is 2. The minimum absolute atomic E-state index is 0.0148. The molecule has 1 aliphatic rings. The normalized spacial score (nSPS) is 18.5. The molecule has 0 amide bonds. The Morgan fingerprint density at radius 2 is 1.86 bits per heavy atom. The van der Waals surface area contributed by atoms with E-state index in [1.54, 1.807) is 12.1 Å². The van der Waals surface area contributed by atoms with Crippen LogP contribution in [0.3, 0.4) is 0 Å². The van der Waals surface area contributed by atoms with Crippen LogP contribution in [0.5, 0.6) is 0 Å². The van der Waals surface area contributed by atoms with Crippen LogP contribution in [0, 0.1) is 0 Å². The van der Waals surface area contributed by atoms with Crippen molar-refractivity contribution in [3.63, 3.8) is 0 Å². The highest BCUT2D eigenvalue weighted by Crippen LogP contribution is 2.32. The first kappa shape index (κ1) is 19.7. The molecule has 0 aromatic heterocycles. The van der Waals surface area contributed by atoms with Crippen LogP contribution in [-0.2, 0) is 25.2 Å². The summed E-state index contributed by atoms with van der Waals surface area (Å²) in [5.74, 6) is -2.96. The molecule has 0 saturated carbocycles. The largest absolute Gasteiger partial charge is 0.429 e. The van der Waals surface area contributed by atoms with Crippen molar-refractivity contribution in [2.24, 2.45) is 0 Å². The molecule has 3 rings (SSSR count). The SMILES string of the molecule is CC1(C)OC(=O)C(OC(=O)c2ccccc2Nc2cccc(C(F)(F)F)c2)O1. The summed E-state index contributed by atoms with van der Waals surface area (Å²) in [6.07, 6.45) is -6.02. The molecule has 1 N–H and O–H groups in total. The summed E-state index contributed by atoms with van der Waals surface area (Å²) in [5, 5.41) is 2.76. The van der Waals surface area contributed by atoms with Gasteiger partial charge in [0.1, 0.15) is 0 Å². The molecule has 0 spiro atoms. The number of carbonyl (C=O) groups excluding carboxylic acids is 2. The zero-order valence-corrected chi connectivity index (χ0v) is 14.9. The Balaban J connectivity index is 1.80. The van der Waals surface area contributed by atoms with Crippen LogP contribution in [0.4, 0.5) is 24.5 Å². The molecule has 1 fully saturated rings. The Bertz CT molecular complexity index is 910. The summed E-state index contributed by atoms with van der Waals surface area (Å²) < 4.78 is 53.8. The lowest BCUT2D eigenvalue weighted by atomic mass is 10.1. The standard InChI is InChI=1S/C19H16F3NO5/c1-18(2)27-16(25)17(28-18)26-15(24)13-8-3-4-9-14(13)23-12-7-5-6-11(10-12)19(20,21)22/h3-10,17,23H,1-2H3. The van der Waals surface area contributed by atoms with Crippen molar-refractivity contribution in [3.8, 4) is 0 Å². The number of cyclic esters (lactones) is 1. The number of rotatable bonds is 4. The van der Waals surface area contributed by atoms with Crippen molar-refractivity contribution < 1.29 is 37.0 Å². The topological polar surface area (TPSA) is 73.9 Å². The fourth-order valence-corrected chi connectivity index (χ4v) is 2.55. The Morgan fingerprint density at radius 1 is 1.14 bits per heavy atom. The summed E-state index contributed by atoms with van der Waals surface area (Å²) in [6, 6.07) is 10.6. The van der Waals surface area contributed by atoms with E-state index in [1.807, 2.05) is 0 Å². The van der Waals surface area contributed by atoms with Crippen LogP contribution >= 0.6 is 0 Å². The monoisotopic (exact) mass is 395 g/mol. The van der Waals surface area contributed by atoms with Gasteiger partial charge in [-0.05, 0) is 30.3 Å². The number of hydrogen-bond donors (Lipinski definition) is 1. The van der Waals surface area contributed by atoms with E-state index in [0.717, 1.165) is 12.1 Å². The lowest BCUT2D eigenvalue weighted by Gasteiger charge is -2.16. The fraction of sp³-hybridized carbons (Fsp3) is 0.263. The van der Waals surface area contributed by atoms with Crippen LogP contribution in [0.15, 0.2) is 48.5 Å². The van der Waals surface area contributed by atoms with Crippen LogP contribution in [0.25, 0.3) is 0 Å². The van der Waals surface area contributed by atoms with Crippen molar-refractivity contribution in [3.05, 3.63) is 59.7 Å². The van der Waals surface area contributed by atoms with Crippen molar-refractivity contribution in [1.29, 1.82) is 0 Å². The van der Waals surface area contributed by atoms with Gasteiger partial charge in [-0.3, -0.25) is 4.74 Å². The molecule has 2 aromatic carbocycles. The number of ether oxygens (including phenoxy) is 3. The first-order chi connectivity index (χ1) is 13.0. The number of halogens is 3. The van der Waals surface area contributed by atoms with Crippen LogP contribution < -0.4 is 5.32 Å². The van der Waals surface area contributed by atoms with E-state index in [1.165, 1.54) is 38.1 Å². The second-order valence-corrected chi connectivity index (χ2v) is 6.43. The predicted octanol–water partition coefficient (Wildman–Crippen LogP) is 4.24. The van der Waals surface area contributed by atoms with Gasteiger partial charge in [-0.15, -0.1) is 0 Å². The molecule has 1 unspecified atom stereocenters. The molecule has 1 atom stereocenters. The van der Waals surface area contributed by atoms with Gasteiger partial charge in [0, 0.05) is 19.5 Å². The molecule has 28 heavy (non-hydrogen) atoms. The Morgan fingerprint density at radius 3 is 2.50 bits per heavy atom. The van der Waals surface area contributed by atoms with E-state index >= 15 is 0 Å². The number of alkyl halides is 3. The minimum Gasteiger partial charge on any atom is -0.429 e. The summed E-state index contributed by atoms with van der Waals surface area (Å²) in [4.78, 5) is 24.2. The maximum atomic E-state index is 12.9. The number of hydrogen-bond acceptors (Lipinski definition) is 6. The predicted molar refractivity (Wildman–Crippen MR) is 91.6 cm³/mol. The van der Waals surface area contributed by atoms with Crippen LogP contribution in [-0.4, -0.2) is 24.0 Å². The number of carbonyl (C=O) groups is 2. The van der Waals surface area contributed by atoms with E-state index in [9.17, 15) is 22.8 Å². The van der Waals surface area contributed by atoms with Gasteiger partial charge >= 0.3 is 24.4 Å². The highest BCUT2D eigenvalue weighted by Gasteiger charge is 2.44. The van der Waals surface area contributed by atoms with Gasteiger partial charge in [0.2, 0.25) is 5.79 Å². The van der Waals surface area contributed by atoms with Crippen LogP contribution in [0.2, 0.25) is 0 Å². The molecule has 0 radical (unpaired) electrons. The van der Waals surface area contributed by atoms with Gasteiger partial charge in [0.15, 0.2) is 0 Å². The van der Waals surface area contributed by atoms with Gasteiger partial charge in [-0.2, -0.15) is 13.2 Å². The third-order valence-corrected chi connectivity index (χ3v) is 3.76. The van der Waals surface area contributed by atoms with Gasteiger partial charge in [0.05, 0.1) is 16.8 Å². The minimum atomic E-state index is -4.50. The molecule has 6 nitrogen and oxygen atoms in total. The molecule has 0 bridgehead atoms. The first-order valence-electron chi connectivity index (χ1n) is 8.20. The maximum Gasteiger partial charge on any atom is 0.416 e. The average Bonchev–Trinajstić information content (AvgIpc) is 2.86. The molecule has 1 saturated heterocycles. The molecule has 0 aliphatic carbocycles. The second-order valence-electron chi connectivity index (χ2n) is 6.43. The third kappa shape index (κ3) is 4.42. The van der Waals surface area contributed by atoms with E-state index in [4.69, 9.17) is 14.2 Å². The molecular weight excluding hydrogens is 379 g/mol. The Hall–Kier alpha value is -3.07. The number of para-hydroxylation sites is 1. The van der Waals surface area contributed by atoms with Gasteiger partial charge < -0.3 is 14.8 Å². The summed E-state index contributed by atoms with van der Waals surface area (Å²) in [5.41, 5.74) is -0.479. The lowest BCUT2D eigenvalue weighted by Crippen LogP contribution is -2.26. The van der Waals surface area contributed by atoms with Gasteiger partial charge in [-0.25, -0.2) is 9.59 Å². The van der Waals surface area contributed by atoms with Crippen molar-refractivity contribution in [2.45, 2.75) is 32.1 Å². The second kappa shape index (κ2) is 7.16.